The van der Waals surface area contributed by atoms with Gasteiger partial charge >= 0.3 is 0 Å². The number of amides is 5. The summed E-state index contributed by atoms with van der Waals surface area (Å²) in [4.78, 5) is 68.4. The second kappa shape index (κ2) is 14.8. The van der Waals surface area contributed by atoms with Crippen LogP contribution in [0.15, 0.2) is 78.9 Å². The van der Waals surface area contributed by atoms with Gasteiger partial charge in [-0.2, -0.15) is 0 Å². The van der Waals surface area contributed by atoms with Gasteiger partial charge in [0, 0.05) is 20.1 Å². The van der Waals surface area contributed by atoms with Gasteiger partial charge in [0.05, 0.1) is 16.0 Å². The van der Waals surface area contributed by atoms with Gasteiger partial charge in [-0.3, -0.25) is 28.9 Å². The molecule has 9 nitrogen and oxygen atoms in total. The molecule has 5 rings (SSSR count). The zero-order valence-electron chi connectivity index (χ0n) is 25.4. The average Bonchev–Trinajstić information content (AvgIpc) is 3.20. The van der Waals surface area contributed by atoms with E-state index in [0.29, 0.717) is 55.3 Å². The molecule has 2 N–H and O–H groups in total. The number of unbranched alkanes of at least 4 members (excludes halogenated alkanes) is 1. The lowest BCUT2D eigenvalue weighted by Gasteiger charge is -2.32. The first-order chi connectivity index (χ1) is 21.8. The fraction of sp³-hybridized carbons (Fsp3) is 0.400. The predicted molar refractivity (Wildman–Crippen MR) is 174 cm³/mol. The molecule has 2 heterocycles. The van der Waals surface area contributed by atoms with Crippen LogP contribution in [0.1, 0.15) is 70.8 Å². The lowest BCUT2D eigenvalue weighted by Crippen LogP contribution is -2.52. The van der Waals surface area contributed by atoms with Gasteiger partial charge in [-0.1, -0.05) is 89.1 Å². The van der Waals surface area contributed by atoms with Gasteiger partial charge in [-0.15, -0.1) is 0 Å². The van der Waals surface area contributed by atoms with Crippen LogP contribution in [0.2, 0.25) is 0 Å². The number of hydrogen-bond acceptors (Lipinski definition) is 5. The van der Waals surface area contributed by atoms with Gasteiger partial charge in [0.25, 0.3) is 11.8 Å². The van der Waals surface area contributed by atoms with Crippen molar-refractivity contribution in [1.82, 2.24) is 20.4 Å². The number of carbonyl (C=O) groups is 5. The number of likely N-dealkylation sites (N-methyl/N-ethyl adjacent to an activating group) is 1. The van der Waals surface area contributed by atoms with E-state index in [-0.39, 0.29) is 47.9 Å². The molecular weight excluding hydrogens is 636 g/mol. The van der Waals surface area contributed by atoms with E-state index in [4.69, 9.17) is 0 Å². The SMILES string of the molecule is CNC(=O)C(c1ccccc1)N1CCC([C@@H]2C=CC=CC2)C[C@H](NC(=O)C(Br)CCCCN2C(=O)c3ccccc3C2=O)C1=O. The molecule has 1 fully saturated rings. The third-order valence-corrected chi connectivity index (χ3v) is 9.84. The molecule has 5 amide bonds. The largest absolute Gasteiger partial charge is 0.357 e. The lowest BCUT2D eigenvalue weighted by atomic mass is 9.81. The number of carbonyl (C=O) groups excluding carboxylic acids is 5. The standard InChI is InChI=1S/C35H39BrN4O5/c1-37-32(42)30(24-14-6-3-7-15-24)39-21-19-25(23-12-4-2-5-13-23)22-29(35(39)45)38-31(41)28(36)18-10-11-20-40-33(43)26-16-8-9-17-27(26)34(40)44/h2-9,12,14-17,23,25,28-30H,10-11,13,18-22H2,1H3,(H,37,42)(H,38,41)/t23-,25?,28?,29+,30?/m1/s1. The van der Waals surface area contributed by atoms with Gasteiger partial charge in [0.15, 0.2) is 0 Å². The number of rotatable bonds is 11. The molecule has 0 saturated carbocycles. The molecule has 2 aromatic rings. The summed E-state index contributed by atoms with van der Waals surface area (Å²) in [7, 11) is 1.56. The van der Waals surface area contributed by atoms with Crippen LogP contribution in [0, 0.1) is 11.8 Å². The zero-order valence-corrected chi connectivity index (χ0v) is 26.9. The average molecular weight is 676 g/mol. The predicted octanol–water partition coefficient (Wildman–Crippen LogP) is 4.56. The highest BCUT2D eigenvalue weighted by Gasteiger charge is 2.41. The lowest BCUT2D eigenvalue weighted by molar-refractivity contribution is -0.142. The quantitative estimate of drug-likeness (QED) is 0.206. The Bertz CT molecular complexity index is 1460. The minimum absolute atomic E-state index is 0.139. The minimum Gasteiger partial charge on any atom is -0.357 e. The first-order valence-electron chi connectivity index (χ1n) is 15.6. The molecule has 45 heavy (non-hydrogen) atoms. The van der Waals surface area contributed by atoms with Crippen molar-refractivity contribution in [2.75, 3.05) is 20.1 Å². The monoisotopic (exact) mass is 674 g/mol. The van der Waals surface area contributed by atoms with Gasteiger partial charge in [0.1, 0.15) is 12.1 Å². The van der Waals surface area contributed by atoms with Crippen LogP contribution in [0.3, 0.4) is 0 Å². The molecule has 236 valence electrons. The van der Waals surface area contributed by atoms with E-state index >= 15 is 0 Å². The molecule has 0 bridgehead atoms. The number of likely N-dealkylation sites (tertiary alicyclic amines) is 1. The number of benzene rings is 2. The van der Waals surface area contributed by atoms with Crippen molar-refractivity contribution in [3.63, 3.8) is 0 Å². The molecule has 0 radical (unpaired) electrons. The second-order valence-electron chi connectivity index (χ2n) is 11.8. The first kappa shape index (κ1) is 32.3. The Morgan fingerprint density at radius 1 is 0.933 bits per heavy atom. The number of imide groups is 1. The van der Waals surface area contributed by atoms with Crippen molar-refractivity contribution in [2.24, 2.45) is 11.8 Å². The highest BCUT2D eigenvalue weighted by molar-refractivity contribution is 9.10. The Morgan fingerprint density at radius 3 is 2.27 bits per heavy atom. The van der Waals surface area contributed by atoms with E-state index in [1.54, 1.807) is 36.2 Å². The summed E-state index contributed by atoms with van der Waals surface area (Å²) < 4.78 is 0. The molecule has 1 aliphatic carbocycles. The Kier molecular flexibility index (Phi) is 10.7. The van der Waals surface area contributed by atoms with Gasteiger partial charge in [0.2, 0.25) is 17.7 Å². The van der Waals surface area contributed by atoms with Crippen LogP contribution >= 0.6 is 15.9 Å². The topological polar surface area (TPSA) is 116 Å². The fourth-order valence-corrected chi connectivity index (χ4v) is 6.98. The van der Waals surface area contributed by atoms with E-state index in [1.165, 1.54) is 4.90 Å². The number of nitrogens with zero attached hydrogens (tertiary/aromatic N) is 2. The number of nitrogens with one attached hydrogen (secondary N) is 2. The molecule has 2 aliphatic heterocycles. The number of fused-ring (bicyclic) bond motifs is 1. The van der Waals surface area contributed by atoms with Crippen molar-refractivity contribution < 1.29 is 24.0 Å². The summed E-state index contributed by atoms with van der Waals surface area (Å²) in [5.74, 6) is -1.06. The zero-order chi connectivity index (χ0) is 31.9. The molecule has 3 aliphatic rings. The van der Waals surface area contributed by atoms with Gasteiger partial charge in [-0.25, -0.2) is 0 Å². The summed E-state index contributed by atoms with van der Waals surface area (Å²) in [6.45, 7) is 0.668. The number of hydrogen-bond donors (Lipinski definition) is 2. The summed E-state index contributed by atoms with van der Waals surface area (Å²) in [5, 5.41) is 5.73. The molecule has 0 spiro atoms. The van der Waals surface area contributed by atoms with Crippen LogP contribution in [-0.4, -0.2) is 70.3 Å². The van der Waals surface area contributed by atoms with Crippen LogP contribution in [-0.2, 0) is 14.4 Å². The highest BCUT2D eigenvalue weighted by atomic mass is 79.9. The Hall–Kier alpha value is -4.05. The van der Waals surface area contributed by atoms with Crippen molar-refractivity contribution in [2.45, 2.75) is 55.4 Å². The van der Waals surface area contributed by atoms with E-state index < -0.39 is 16.9 Å². The maximum atomic E-state index is 14.1. The molecule has 1 saturated heterocycles. The van der Waals surface area contributed by atoms with Crippen LogP contribution in [0.4, 0.5) is 0 Å². The van der Waals surface area contributed by atoms with Crippen LogP contribution in [0.5, 0.6) is 0 Å². The summed E-state index contributed by atoms with van der Waals surface area (Å²) in [5.41, 5.74) is 1.56. The van der Waals surface area contributed by atoms with E-state index in [2.05, 4.69) is 38.7 Å². The third kappa shape index (κ3) is 7.27. The van der Waals surface area contributed by atoms with E-state index in [9.17, 15) is 24.0 Å². The van der Waals surface area contributed by atoms with E-state index in [1.807, 2.05) is 42.5 Å². The Morgan fingerprint density at radius 2 is 1.62 bits per heavy atom. The second-order valence-corrected chi connectivity index (χ2v) is 12.9. The van der Waals surface area contributed by atoms with Crippen molar-refractivity contribution in [1.29, 1.82) is 0 Å². The highest BCUT2D eigenvalue weighted by Crippen LogP contribution is 2.34. The van der Waals surface area contributed by atoms with Crippen molar-refractivity contribution >= 4 is 45.5 Å². The Labute approximate surface area is 272 Å². The van der Waals surface area contributed by atoms with Gasteiger partial charge < -0.3 is 15.5 Å². The maximum absolute atomic E-state index is 14.1. The number of allylic oxidation sites excluding steroid dienone is 4. The van der Waals surface area contributed by atoms with Crippen molar-refractivity contribution in [3.8, 4) is 0 Å². The summed E-state index contributed by atoms with van der Waals surface area (Å²) in [6, 6.07) is 14.4. The minimum atomic E-state index is -0.814. The first-order valence-corrected chi connectivity index (χ1v) is 16.5. The molecular formula is C35H39BrN4O5. The number of alkyl halides is 1. The van der Waals surface area contributed by atoms with Crippen LogP contribution < -0.4 is 10.6 Å². The normalized spacial score (nSPS) is 22.5. The molecule has 2 aromatic carbocycles. The smallest absolute Gasteiger partial charge is 0.261 e. The summed E-state index contributed by atoms with van der Waals surface area (Å²) in [6.07, 6.45) is 12.0. The van der Waals surface area contributed by atoms with E-state index in [0.717, 1.165) is 6.42 Å². The molecule has 10 heteroatoms. The van der Waals surface area contributed by atoms with Gasteiger partial charge in [-0.05, 0) is 61.6 Å². The molecule has 0 aromatic heterocycles. The summed E-state index contributed by atoms with van der Waals surface area (Å²) >= 11 is 3.51. The maximum Gasteiger partial charge on any atom is 0.261 e. The molecule has 3 unspecified atom stereocenters. The van der Waals surface area contributed by atoms with Crippen LogP contribution in [0.25, 0.3) is 0 Å². The Balaban J connectivity index is 1.24. The number of halogens is 1. The molecule has 5 atom stereocenters. The van der Waals surface area contributed by atoms with Crippen molar-refractivity contribution in [3.05, 3.63) is 95.6 Å². The third-order valence-electron chi connectivity index (χ3n) is 8.97. The fourth-order valence-electron chi connectivity index (χ4n) is 6.53.